The lowest BCUT2D eigenvalue weighted by atomic mass is 10.1. The van der Waals surface area contributed by atoms with E-state index in [0.29, 0.717) is 6.54 Å². The van der Waals surface area contributed by atoms with E-state index in [1.54, 1.807) is 11.8 Å². The first-order chi connectivity index (χ1) is 8.13. The highest BCUT2D eigenvalue weighted by atomic mass is 32.2. The number of nitrogens with one attached hydrogen (secondary N) is 1. The minimum Gasteiger partial charge on any atom is -0.480 e. The number of hydrogen-bond acceptors (Lipinski definition) is 4. The van der Waals surface area contributed by atoms with Crippen LogP contribution in [0.4, 0.5) is 0 Å². The van der Waals surface area contributed by atoms with Gasteiger partial charge in [0.1, 0.15) is 6.04 Å². The van der Waals surface area contributed by atoms with Gasteiger partial charge in [0, 0.05) is 11.4 Å². The van der Waals surface area contributed by atoms with Crippen LogP contribution in [0.1, 0.15) is 5.56 Å². The molecule has 17 heavy (non-hydrogen) atoms. The summed E-state index contributed by atoms with van der Waals surface area (Å²) < 4.78 is 0. The SMILES string of the molecule is CSc1ccc(CCNCC(N)C(=O)O)cc1. The summed E-state index contributed by atoms with van der Waals surface area (Å²) >= 11 is 1.72. The monoisotopic (exact) mass is 254 g/mol. The van der Waals surface area contributed by atoms with Gasteiger partial charge in [-0.15, -0.1) is 11.8 Å². The zero-order valence-electron chi connectivity index (χ0n) is 9.85. The maximum atomic E-state index is 10.5. The molecule has 0 saturated carbocycles. The largest absolute Gasteiger partial charge is 0.480 e. The molecule has 4 nitrogen and oxygen atoms in total. The predicted octanol–water partition coefficient (Wildman–Crippen LogP) is 0.952. The maximum absolute atomic E-state index is 10.5. The van der Waals surface area contributed by atoms with Gasteiger partial charge in [-0.25, -0.2) is 0 Å². The molecule has 1 unspecified atom stereocenters. The highest BCUT2D eigenvalue weighted by Gasteiger charge is 2.09. The summed E-state index contributed by atoms with van der Waals surface area (Å²) in [6.45, 7) is 1.04. The fourth-order valence-electron chi connectivity index (χ4n) is 1.37. The first-order valence-electron chi connectivity index (χ1n) is 5.45. The molecular weight excluding hydrogens is 236 g/mol. The standard InChI is InChI=1S/C12H18N2O2S/c1-17-10-4-2-9(3-5-10)6-7-14-8-11(13)12(15)16/h2-5,11,14H,6-8,13H2,1H3,(H,15,16). The molecule has 0 aliphatic carbocycles. The van der Waals surface area contributed by atoms with Crippen molar-refractivity contribution in [3.8, 4) is 0 Å². The Morgan fingerprint density at radius 3 is 2.65 bits per heavy atom. The number of rotatable bonds is 7. The Kier molecular flexibility index (Phi) is 6.04. The molecule has 1 aromatic rings. The zero-order valence-corrected chi connectivity index (χ0v) is 10.7. The van der Waals surface area contributed by atoms with E-state index in [-0.39, 0.29) is 0 Å². The Morgan fingerprint density at radius 1 is 1.47 bits per heavy atom. The van der Waals surface area contributed by atoms with Crippen LogP contribution in [0.15, 0.2) is 29.2 Å². The lowest BCUT2D eigenvalue weighted by Crippen LogP contribution is -2.40. The van der Waals surface area contributed by atoms with Crippen molar-refractivity contribution in [2.75, 3.05) is 19.3 Å². The summed E-state index contributed by atoms with van der Waals surface area (Å²) in [5.41, 5.74) is 6.60. The first-order valence-corrected chi connectivity index (χ1v) is 6.68. The van der Waals surface area contributed by atoms with Crippen molar-refractivity contribution in [1.29, 1.82) is 0 Å². The number of hydrogen-bond donors (Lipinski definition) is 3. The second-order valence-corrected chi connectivity index (χ2v) is 4.63. The summed E-state index contributed by atoms with van der Waals surface area (Å²) in [7, 11) is 0. The third-order valence-electron chi connectivity index (χ3n) is 2.43. The highest BCUT2D eigenvalue weighted by molar-refractivity contribution is 7.98. The molecule has 0 aliphatic rings. The van der Waals surface area contributed by atoms with E-state index in [1.807, 2.05) is 6.26 Å². The number of nitrogens with two attached hydrogens (primary N) is 1. The first kappa shape index (κ1) is 14.0. The number of carbonyl (C=O) groups is 1. The molecule has 94 valence electrons. The topological polar surface area (TPSA) is 75.3 Å². The van der Waals surface area contributed by atoms with Crippen LogP contribution < -0.4 is 11.1 Å². The zero-order chi connectivity index (χ0) is 12.7. The fourth-order valence-corrected chi connectivity index (χ4v) is 1.78. The number of carboxylic acid groups (broad SMARTS) is 1. The summed E-state index contributed by atoms with van der Waals surface area (Å²) in [5, 5.41) is 11.6. The highest BCUT2D eigenvalue weighted by Crippen LogP contribution is 2.14. The molecule has 5 heteroatoms. The van der Waals surface area contributed by atoms with Crippen LogP contribution in [0.2, 0.25) is 0 Å². The molecule has 0 saturated heterocycles. The van der Waals surface area contributed by atoms with Crippen LogP contribution in [0.3, 0.4) is 0 Å². The van der Waals surface area contributed by atoms with Gasteiger partial charge in [0.05, 0.1) is 0 Å². The Morgan fingerprint density at radius 2 is 2.12 bits per heavy atom. The van der Waals surface area contributed by atoms with Gasteiger partial charge in [-0.3, -0.25) is 4.79 Å². The molecule has 1 atom stereocenters. The Labute approximate surface area is 106 Å². The molecule has 0 amide bonds. The molecule has 0 heterocycles. The van der Waals surface area contributed by atoms with E-state index >= 15 is 0 Å². The minimum atomic E-state index is -0.971. The van der Waals surface area contributed by atoms with Gasteiger partial charge in [-0.2, -0.15) is 0 Å². The van der Waals surface area contributed by atoms with Crippen molar-refractivity contribution in [1.82, 2.24) is 5.32 Å². The van der Waals surface area contributed by atoms with Crippen molar-refractivity contribution < 1.29 is 9.90 Å². The number of carboxylic acids is 1. The molecule has 0 spiro atoms. The van der Waals surface area contributed by atoms with Crippen molar-refractivity contribution in [3.63, 3.8) is 0 Å². The van der Waals surface area contributed by atoms with Gasteiger partial charge in [0.2, 0.25) is 0 Å². The van der Waals surface area contributed by atoms with E-state index in [2.05, 4.69) is 29.6 Å². The quantitative estimate of drug-likeness (QED) is 0.499. The molecule has 1 rings (SSSR count). The summed E-state index contributed by atoms with van der Waals surface area (Å²) in [4.78, 5) is 11.7. The minimum absolute atomic E-state index is 0.304. The van der Waals surface area contributed by atoms with Crippen LogP contribution in [-0.2, 0) is 11.2 Å². The summed E-state index contributed by atoms with van der Waals surface area (Å²) in [5.74, 6) is -0.971. The number of thioether (sulfide) groups is 1. The smallest absolute Gasteiger partial charge is 0.321 e. The van der Waals surface area contributed by atoms with Gasteiger partial charge in [0.25, 0.3) is 0 Å². The summed E-state index contributed by atoms with van der Waals surface area (Å²) in [6.07, 6.45) is 2.92. The molecule has 0 radical (unpaired) electrons. The predicted molar refractivity (Wildman–Crippen MR) is 70.4 cm³/mol. The molecule has 4 N–H and O–H groups in total. The Bertz CT molecular complexity index is 354. The van der Waals surface area contributed by atoms with Gasteiger partial charge in [0.15, 0.2) is 0 Å². The van der Waals surface area contributed by atoms with Gasteiger partial charge in [-0.05, 0) is 36.9 Å². The van der Waals surface area contributed by atoms with Crippen molar-refractivity contribution in [3.05, 3.63) is 29.8 Å². The second kappa shape index (κ2) is 7.32. The lowest BCUT2D eigenvalue weighted by molar-refractivity contribution is -0.138. The van der Waals surface area contributed by atoms with E-state index in [9.17, 15) is 4.79 Å². The van der Waals surface area contributed by atoms with Crippen LogP contribution in [0.25, 0.3) is 0 Å². The van der Waals surface area contributed by atoms with Gasteiger partial charge < -0.3 is 16.2 Å². The van der Waals surface area contributed by atoms with Crippen molar-refractivity contribution >= 4 is 17.7 Å². The molecular formula is C12H18N2O2S. The molecule has 0 aliphatic heterocycles. The molecule has 1 aromatic carbocycles. The molecule has 0 aromatic heterocycles. The van der Waals surface area contributed by atoms with Crippen molar-refractivity contribution in [2.24, 2.45) is 5.73 Å². The fraction of sp³-hybridized carbons (Fsp3) is 0.417. The van der Waals surface area contributed by atoms with Gasteiger partial charge >= 0.3 is 5.97 Å². The summed E-state index contributed by atoms with van der Waals surface area (Å²) in [6, 6.07) is 7.52. The number of benzene rings is 1. The molecule has 0 bridgehead atoms. The van der Waals surface area contributed by atoms with Crippen LogP contribution in [0.5, 0.6) is 0 Å². The van der Waals surface area contributed by atoms with Crippen LogP contribution in [-0.4, -0.2) is 36.5 Å². The van der Waals surface area contributed by atoms with Gasteiger partial charge in [-0.1, -0.05) is 12.1 Å². The van der Waals surface area contributed by atoms with E-state index in [0.717, 1.165) is 13.0 Å². The lowest BCUT2D eigenvalue weighted by Gasteiger charge is -2.08. The normalized spacial score (nSPS) is 12.4. The average molecular weight is 254 g/mol. The second-order valence-electron chi connectivity index (χ2n) is 3.75. The third kappa shape index (κ3) is 5.21. The average Bonchev–Trinajstić information content (AvgIpc) is 2.35. The van der Waals surface area contributed by atoms with E-state index in [1.165, 1.54) is 10.5 Å². The maximum Gasteiger partial charge on any atom is 0.321 e. The van der Waals surface area contributed by atoms with Crippen LogP contribution in [0, 0.1) is 0 Å². The van der Waals surface area contributed by atoms with Crippen LogP contribution >= 0.6 is 11.8 Å². The third-order valence-corrected chi connectivity index (χ3v) is 3.17. The van der Waals surface area contributed by atoms with Crippen molar-refractivity contribution in [2.45, 2.75) is 17.4 Å². The van der Waals surface area contributed by atoms with E-state index in [4.69, 9.17) is 10.8 Å². The Hall–Kier alpha value is -1.04. The van der Waals surface area contributed by atoms with E-state index < -0.39 is 12.0 Å². The number of aliphatic carboxylic acids is 1. The molecule has 0 fully saturated rings. The Balaban J connectivity index is 2.24.